The van der Waals surface area contributed by atoms with Crippen molar-refractivity contribution < 1.29 is 14.1 Å². The molecule has 2 rings (SSSR count). The van der Waals surface area contributed by atoms with Gasteiger partial charge in [-0.2, -0.15) is 0 Å². The summed E-state index contributed by atoms with van der Waals surface area (Å²) < 4.78 is 16.7. The average Bonchev–Trinajstić information content (AvgIpc) is 2.43. The first kappa shape index (κ1) is 14.7. The Hall–Kier alpha value is -0.750. The fourth-order valence-electron chi connectivity index (χ4n) is 2.10. The van der Waals surface area contributed by atoms with E-state index in [0.29, 0.717) is 19.8 Å². The van der Waals surface area contributed by atoms with Gasteiger partial charge in [0.25, 0.3) is 0 Å². The summed E-state index contributed by atoms with van der Waals surface area (Å²) in [7, 11) is -0.661. The molecule has 1 atom stereocenters. The van der Waals surface area contributed by atoms with Crippen LogP contribution in [0.25, 0.3) is 0 Å². The molecule has 0 bridgehead atoms. The second kappa shape index (κ2) is 7.75. The molecule has 1 aliphatic rings. The minimum Gasteiger partial charge on any atom is -0.389 e. The number of β-amino-alcohol motifs (C(OH)–C–C–N with tert-alkyl or cyclic N) is 1. The number of nitrogens with zero attached hydrogens (tertiary/aromatic N) is 1. The lowest BCUT2D eigenvalue weighted by molar-refractivity contribution is 0.0113. The van der Waals surface area contributed by atoms with Crippen LogP contribution in [-0.4, -0.2) is 58.1 Å². The normalized spacial score (nSPS) is 19.4. The molecule has 0 aromatic heterocycles. The third-order valence-corrected chi connectivity index (χ3v) is 4.44. The van der Waals surface area contributed by atoms with Crippen LogP contribution in [0, 0.1) is 0 Å². The van der Waals surface area contributed by atoms with Crippen molar-refractivity contribution in [3.05, 3.63) is 35.9 Å². The molecule has 0 aliphatic carbocycles. The van der Waals surface area contributed by atoms with Crippen LogP contribution in [0.4, 0.5) is 0 Å². The number of hydrogen-bond acceptors (Lipinski definition) is 4. The van der Waals surface area contributed by atoms with Crippen LogP contribution in [0.15, 0.2) is 30.3 Å². The highest BCUT2D eigenvalue weighted by atomic mass is 32.2. The zero-order valence-corrected chi connectivity index (χ0v) is 11.8. The lowest BCUT2D eigenvalue weighted by Crippen LogP contribution is -2.43. The quantitative estimate of drug-likeness (QED) is 0.832. The largest absolute Gasteiger partial charge is 0.389 e. The van der Waals surface area contributed by atoms with Crippen LogP contribution in [0.3, 0.4) is 0 Å². The zero-order valence-electron chi connectivity index (χ0n) is 11.0. The lowest BCUT2D eigenvalue weighted by Gasteiger charge is -2.28. The van der Waals surface area contributed by atoms with Gasteiger partial charge < -0.3 is 9.84 Å². The van der Waals surface area contributed by atoms with E-state index < -0.39 is 16.9 Å². The average molecular weight is 283 g/mol. The summed E-state index contributed by atoms with van der Waals surface area (Å²) in [5.41, 5.74) is 1.11. The van der Waals surface area contributed by atoms with Crippen molar-refractivity contribution in [2.45, 2.75) is 12.7 Å². The van der Waals surface area contributed by atoms with Crippen molar-refractivity contribution in [2.24, 2.45) is 0 Å². The van der Waals surface area contributed by atoms with E-state index in [1.165, 1.54) is 0 Å². The van der Waals surface area contributed by atoms with E-state index in [2.05, 4.69) is 4.90 Å². The molecule has 1 fully saturated rings. The molecule has 1 saturated heterocycles. The molecule has 1 aromatic rings. The summed E-state index contributed by atoms with van der Waals surface area (Å²) in [6, 6.07) is 9.93. The number of ether oxygens (including phenoxy) is 1. The molecule has 1 aromatic carbocycles. The first-order chi connectivity index (χ1) is 9.24. The van der Waals surface area contributed by atoms with Crippen LogP contribution in [0.2, 0.25) is 0 Å². The van der Waals surface area contributed by atoms with E-state index in [0.717, 1.165) is 30.2 Å². The van der Waals surface area contributed by atoms with Crippen molar-refractivity contribution in [1.82, 2.24) is 4.90 Å². The Morgan fingerprint density at radius 3 is 2.63 bits per heavy atom. The smallest absolute Gasteiger partial charge is 0.0900 e. The molecule has 4 nitrogen and oxygen atoms in total. The van der Waals surface area contributed by atoms with Crippen LogP contribution in [0.1, 0.15) is 5.56 Å². The van der Waals surface area contributed by atoms with Gasteiger partial charge in [0.2, 0.25) is 0 Å². The van der Waals surface area contributed by atoms with Crippen LogP contribution >= 0.6 is 0 Å². The van der Waals surface area contributed by atoms with E-state index in [1.807, 2.05) is 30.3 Å². The Morgan fingerprint density at radius 2 is 1.95 bits per heavy atom. The molecule has 1 unspecified atom stereocenters. The lowest BCUT2D eigenvalue weighted by atomic mass is 10.2. The summed E-state index contributed by atoms with van der Waals surface area (Å²) in [6.45, 7) is 3.09. The molecular weight excluding hydrogens is 262 g/mol. The number of aliphatic hydroxyl groups excluding tert-OH is 1. The summed E-state index contributed by atoms with van der Waals surface area (Å²) in [4.78, 5) is 2.15. The summed E-state index contributed by atoms with van der Waals surface area (Å²) >= 11 is 0. The number of aliphatic hydroxyl groups is 1. The van der Waals surface area contributed by atoms with Crippen molar-refractivity contribution in [2.75, 3.05) is 37.7 Å². The third-order valence-electron chi connectivity index (χ3n) is 3.16. The Balaban J connectivity index is 1.62. The van der Waals surface area contributed by atoms with Crippen molar-refractivity contribution in [3.8, 4) is 0 Å². The summed E-state index contributed by atoms with van der Waals surface area (Å²) in [6.07, 6.45) is -0.477. The van der Waals surface area contributed by atoms with E-state index in [9.17, 15) is 9.32 Å². The van der Waals surface area contributed by atoms with Gasteiger partial charge in [-0.05, 0) is 5.56 Å². The van der Waals surface area contributed by atoms with Gasteiger partial charge in [-0.15, -0.1) is 0 Å². The van der Waals surface area contributed by atoms with E-state index in [-0.39, 0.29) is 0 Å². The van der Waals surface area contributed by atoms with E-state index >= 15 is 0 Å². The molecule has 0 saturated carbocycles. The minimum atomic E-state index is -0.661. The topological polar surface area (TPSA) is 49.8 Å². The zero-order chi connectivity index (χ0) is 13.5. The number of rotatable bonds is 6. The maximum Gasteiger partial charge on any atom is 0.0900 e. The van der Waals surface area contributed by atoms with Gasteiger partial charge in [0.1, 0.15) is 0 Å². The maximum absolute atomic E-state index is 11.2. The minimum absolute atomic E-state index is 0.342. The monoisotopic (exact) mass is 283 g/mol. The molecule has 0 radical (unpaired) electrons. The van der Waals surface area contributed by atoms with Crippen LogP contribution in [-0.2, 0) is 22.1 Å². The highest BCUT2D eigenvalue weighted by Gasteiger charge is 2.17. The molecule has 5 heteroatoms. The number of hydrogen-bond donors (Lipinski definition) is 1. The summed E-state index contributed by atoms with van der Waals surface area (Å²) in [5, 5.41) is 9.90. The van der Waals surface area contributed by atoms with Crippen molar-refractivity contribution in [1.29, 1.82) is 0 Å². The predicted octanol–water partition coefficient (Wildman–Crippen LogP) is 0.628. The molecule has 1 N–H and O–H groups in total. The molecule has 0 spiro atoms. The molecule has 106 valence electrons. The fourth-order valence-corrected chi connectivity index (χ4v) is 3.22. The second-order valence-electron chi connectivity index (χ2n) is 4.80. The van der Waals surface area contributed by atoms with Gasteiger partial charge >= 0.3 is 0 Å². The van der Waals surface area contributed by atoms with E-state index in [4.69, 9.17) is 4.74 Å². The Morgan fingerprint density at radius 1 is 1.26 bits per heavy atom. The molecular formula is C14H21NO3S. The first-order valence-electron chi connectivity index (χ1n) is 6.61. The van der Waals surface area contributed by atoms with Crippen molar-refractivity contribution in [3.63, 3.8) is 0 Å². The highest BCUT2D eigenvalue weighted by molar-refractivity contribution is 7.85. The molecule has 0 amide bonds. The molecule has 1 aliphatic heterocycles. The van der Waals surface area contributed by atoms with Gasteiger partial charge in [-0.25, -0.2) is 0 Å². The van der Waals surface area contributed by atoms with E-state index in [1.54, 1.807) is 0 Å². The number of benzene rings is 1. The van der Waals surface area contributed by atoms with Crippen LogP contribution in [0.5, 0.6) is 0 Å². The molecule has 1 heterocycles. The Bertz CT molecular complexity index is 389. The standard InChI is InChI=1S/C14H21NO3S/c16-14(10-15-6-8-19(17)9-7-15)12-18-11-13-4-2-1-3-5-13/h1-5,14,16H,6-12H2. The van der Waals surface area contributed by atoms with Crippen molar-refractivity contribution >= 4 is 10.8 Å². The second-order valence-corrected chi connectivity index (χ2v) is 6.50. The van der Waals surface area contributed by atoms with Gasteiger partial charge in [-0.1, -0.05) is 30.3 Å². The fraction of sp³-hybridized carbons (Fsp3) is 0.571. The highest BCUT2D eigenvalue weighted by Crippen LogP contribution is 2.04. The first-order valence-corrected chi connectivity index (χ1v) is 8.10. The van der Waals surface area contributed by atoms with Gasteiger partial charge in [0, 0.05) is 41.9 Å². The summed E-state index contributed by atoms with van der Waals surface area (Å²) in [5.74, 6) is 1.44. The Labute approximate surface area is 116 Å². The van der Waals surface area contributed by atoms with Gasteiger partial charge in [-0.3, -0.25) is 9.11 Å². The maximum atomic E-state index is 11.2. The third kappa shape index (κ3) is 5.40. The van der Waals surface area contributed by atoms with Gasteiger partial charge in [0.05, 0.1) is 19.3 Å². The SMILES string of the molecule is O=S1CCN(CC(O)COCc2ccccc2)CC1. The van der Waals surface area contributed by atoms with Gasteiger partial charge in [0.15, 0.2) is 0 Å². The Kier molecular flexibility index (Phi) is 5.97. The molecule has 19 heavy (non-hydrogen) atoms. The predicted molar refractivity (Wildman–Crippen MR) is 76.4 cm³/mol. The van der Waals surface area contributed by atoms with Crippen LogP contribution < -0.4 is 0 Å².